The normalized spacial score (nSPS) is 20.7. The van der Waals surface area contributed by atoms with Crippen LogP contribution in [0.2, 0.25) is 0 Å². The van der Waals surface area contributed by atoms with Crippen LogP contribution < -0.4 is 5.32 Å². The van der Waals surface area contributed by atoms with Gasteiger partial charge < -0.3 is 15.0 Å². The summed E-state index contributed by atoms with van der Waals surface area (Å²) in [5.41, 5.74) is 1.67. The van der Waals surface area contributed by atoms with E-state index in [9.17, 15) is 9.59 Å². The number of carbonyl (C=O) groups is 2. The summed E-state index contributed by atoms with van der Waals surface area (Å²) in [6.45, 7) is 4.95. The van der Waals surface area contributed by atoms with Crippen molar-refractivity contribution in [2.75, 3.05) is 13.1 Å². The first kappa shape index (κ1) is 19.1. The summed E-state index contributed by atoms with van der Waals surface area (Å²) in [5, 5.41) is 2.90. The number of morpholine rings is 1. The molecular weight excluding hydrogens is 340 g/mol. The molecule has 5 nitrogen and oxygen atoms in total. The third-order valence-corrected chi connectivity index (χ3v) is 4.68. The number of carbonyl (C=O) groups excluding carboxylic acids is 2. The van der Waals surface area contributed by atoms with Crippen LogP contribution >= 0.6 is 0 Å². The lowest BCUT2D eigenvalue weighted by atomic mass is 10.1. The van der Waals surface area contributed by atoms with Crippen LogP contribution in [0.3, 0.4) is 0 Å². The highest BCUT2D eigenvalue weighted by Gasteiger charge is 2.30. The zero-order valence-corrected chi connectivity index (χ0v) is 15.8. The number of hydrogen-bond donors (Lipinski definition) is 1. The Morgan fingerprint density at radius 2 is 1.70 bits per heavy atom. The number of rotatable bonds is 5. The molecule has 1 aliphatic heterocycles. The van der Waals surface area contributed by atoms with E-state index in [0.717, 1.165) is 5.56 Å². The molecule has 1 aliphatic rings. The van der Waals surface area contributed by atoms with E-state index >= 15 is 0 Å². The van der Waals surface area contributed by atoms with E-state index in [2.05, 4.69) is 5.32 Å². The standard InChI is InChI=1S/C22H26N2O3/c1-16(23-22(26)19-11-7-4-8-12-19)13-21(25)24-14-17(2)27-20(15-24)18-9-5-3-6-10-18/h3-12,16-17,20H,13-15H2,1-2H3,(H,23,26). The van der Waals surface area contributed by atoms with Crippen molar-refractivity contribution in [3.8, 4) is 0 Å². The Morgan fingerprint density at radius 3 is 2.37 bits per heavy atom. The second kappa shape index (κ2) is 8.82. The highest BCUT2D eigenvalue weighted by molar-refractivity contribution is 5.94. The average molecular weight is 366 g/mol. The van der Waals surface area contributed by atoms with E-state index in [1.54, 1.807) is 12.1 Å². The summed E-state index contributed by atoms with van der Waals surface area (Å²) >= 11 is 0. The monoisotopic (exact) mass is 366 g/mol. The van der Waals surface area contributed by atoms with Gasteiger partial charge in [-0.05, 0) is 31.5 Å². The smallest absolute Gasteiger partial charge is 0.251 e. The van der Waals surface area contributed by atoms with Gasteiger partial charge in [-0.15, -0.1) is 0 Å². The maximum atomic E-state index is 12.8. The first-order valence-electron chi connectivity index (χ1n) is 9.37. The highest BCUT2D eigenvalue weighted by atomic mass is 16.5. The lowest BCUT2D eigenvalue weighted by Gasteiger charge is -2.37. The van der Waals surface area contributed by atoms with E-state index < -0.39 is 0 Å². The van der Waals surface area contributed by atoms with Crippen LogP contribution in [0.1, 0.15) is 42.3 Å². The van der Waals surface area contributed by atoms with Gasteiger partial charge in [-0.25, -0.2) is 0 Å². The Bertz CT molecular complexity index is 764. The largest absolute Gasteiger partial charge is 0.367 e. The van der Waals surface area contributed by atoms with Crippen LogP contribution in [0.4, 0.5) is 0 Å². The number of ether oxygens (including phenoxy) is 1. The van der Waals surface area contributed by atoms with Crippen molar-refractivity contribution in [3.63, 3.8) is 0 Å². The van der Waals surface area contributed by atoms with Gasteiger partial charge in [0, 0.05) is 24.6 Å². The average Bonchev–Trinajstić information content (AvgIpc) is 2.68. The molecule has 142 valence electrons. The molecule has 1 saturated heterocycles. The minimum atomic E-state index is -0.237. The number of amides is 2. The van der Waals surface area contributed by atoms with Gasteiger partial charge in [-0.2, -0.15) is 0 Å². The van der Waals surface area contributed by atoms with Gasteiger partial charge in [0.15, 0.2) is 0 Å². The van der Waals surface area contributed by atoms with E-state index in [-0.39, 0.29) is 36.5 Å². The molecule has 2 aromatic carbocycles. The highest BCUT2D eigenvalue weighted by Crippen LogP contribution is 2.25. The molecule has 0 aliphatic carbocycles. The lowest BCUT2D eigenvalue weighted by molar-refractivity contribution is -0.145. The molecule has 0 spiro atoms. The van der Waals surface area contributed by atoms with E-state index in [0.29, 0.717) is 18.7 Å². The van der Waals surface area contributed by atoms with Gasteiger partial charge in [0.2, 0.25) is 5.91 Å². The molecule has 3 atom stereocenters. The fourth-order valence-corrected chi connectivity index (χ4v) is 3.35. The summed E-state index contributed by atoms with van der Waals surface area (Å²) in [4.78, 5) is 26.9. The molecule has 1 N–H and O–H groups in total. The van der Waals surface area contributed by atoms with E-state index in [1.165, 1.54) is 0 Å². The maximum absolute atomic E-state index is 12.8. The van der Waals surface area contributed by atoms with Crippen LogP contribution in [-0.4, -0.2) is 41.9 Å². The van der Waals surface area contributed by atoms with Crippen LogP contribution in [0.15, 0.2) is 60.7 Å². The fourth-order valence-electron chi connectivity index (χ4n) is 3.35. The van der Waals surface area contributed by atoms with Crippen molar-refractivity contribution in [3.05, 3.63) is 71.8 Å². The Hall–Kier alpha value is -2.66. The Labute approximate surface area is 160 Å². The molecule has 3 rings (SSSR count). The maximum Gasteiger partial charge on any atom is 0.251 e. The van der Waals surface area contributed by atoms with Crippen molar-refractivity contribution in [1.82, 2.24) is 10.2 Å². The Kier molecular flexibility index (Phi) is 6.24. The van der Waals surface area contributed by atoms with Crippen molar-refractivity contribution < 1.29 is 14.3 Å². The van der Waals surface area contributed by atoms with Crippen LogP contribution in [0.25, 0.3) is 0 Å². The Morgan fingerprint density at radius 1 is 1.07 bits per heavy atom. The summed E-state index contributed by atoms with van der Waals surface area (Å²) in [5.74, 6) is -0.125. The number of nitrogens with one attached hydrogen (secondary N) is 1. The molecular formula is C22H26N2O3. The summed E-state index contributed by atoms with van der Waals surface area (Å²) in [7, 11) is 0. The molecule has 5 heteroatoms. The van der Waals surface area contributed by atoms with Crippen molar-refractivity contribution >= 4 is 11.8 Å². The van der Waals surface area contributed by atoms with Crippen LogP contribution in [-0.2, 0) is 9.53 Å². The third-order valence-electron chi connectivity index (χ3n) is 4.68. The minimum Gasteiger partial charge on any atom is -0.367 e. The molecule has 1 fully saturated rings. The van der Waals surface area contributed by atoms with Crippen molar-refractivity contribution in [1.29, 1.82) is 0 Å². The quantitative estimate of drug-likeness (QED) is 0.884. The molecule has 2 aromatic rings. The number of hydrogen-bond acceptors (Lipinski definition) is 3. The molecule has 0 radical (unpaired) electrons. The van der Waals surface area contributed by atoms with Gasteiger partial charge in [0.05, 0.1) is 12.6 Å². The first-order chi connectivity index (χ1) is 13.0. The second-order valence-corrected chi connectivity index (χ2v) is 7.09. The van der Waals surface area contributed by atoms with Crippen molar-refractivity contribution in [2.24, 2.45) is 0 Å². The van der Waals surface area contributed by atoms with Gasteiger partial charge in [0.1, 0.15) is 6.10 Å². The zero-order valence-electron chi connectivity index (χ0n) is 15.8. The fraction of sp³-hybridized carbons (Fsp3) is 0.364. The predicted octanol–water partition coefficient (Wildman–Crippen LogP) is 3.18. The molecule has 3 unspecified atom stereocenters. The third kappa shape index (κ3) is 5.17. The molecule has 2 amide bonds. The number of benzene rings is 2. The topological polar surface area (TPSA) is 58.6 Å². The van der Waals surface area contributed by atoms with Crippen LogP contribution in [0.5, 0.6) is 0 Å². The molecule has 0 aromatic heterocycles. The molecule has 0 bridgehead atoms. The van der Waals surface area contributed by atoms with Gasteiger partial charge in [-0.1, -0.05) is 48.5 Å². The van der Waals surface area contributed by atoms with Gasteiger partial charge in [0.25, 0.3) is 5.91 Å². The predicted molar refractivity (Wildman–Crippen MR) is 104 cm³/mol. The zero-order chi connectivity index (χ0) is 19.2. The second-order valence-electron chi connectivity index (χ2n) is 7.09. The number of nitrogens with zero attached hydrogens (tertiary/aromatic N) is 1. The SMILES string of the molecule is CC(CC(=O)N1CC(C)OC(c2ccccc2)C1)NC(=O)c1ccccc1. The molecule has 27 heavy (non-hydrogen) atoms. The summed E-state index contributed by atoms with van der Waals surface area (Å²) in [6, 6.07) is 18.8. The van der Waals surface area contributed by atoms with Gasteiger partial charge >= 0.3 is 0 Å². The summed E-state index contributed by atoms with van der Waals surface area (Å²) < 4.78 is 6.02. The van der Waals surface area contributed by atoms with Crippen molar-refractivity contribution in [2.45, 2.75) is 38.5 Å². The summed E-state index contributed by atoms with van der Waals surface area (Å²) in [6.07, 6.45) is 0.127. The Balaban J connectivity index is 1.57. The molecule has 1 heterocycles. The first-order valence-corrected chi connectivity index (χ1v) is 9.37. The van der Waals surface area contributed by atoms with E-state index in [4.69, 9.17) is 4.74 Å². The lowest BCUT2D eigenvalue weighted by Crippen LogP contribution is -2.47. The molecule has 0 saturated carbocycles. The minimum absolute atomic E-state index is 0.0258. The van der Waals surface area contributed by atoms with Crippen LogP contribution in [0, 0.1) is 0 Å². The van der Waals surface area contributed by atoms with E-state index in [1.807, 2.05) is 67.3 Å². The van der Waals surface area contributed by atoms with Gasteiger partial charge in [-0.3, -0.25) is 9.59 Å².